The summed E-state index contributed by atoms with van der Waals surface area (Å²) in [5.41, 5.74) is 0. The van der Waals surface area contributed by atoms with Crippen molar-refractivity contribution in [3.05, 3.63) is 109 Å². The standard InChI is InChI=1S/C63H100O12/c1-4-7-10-13-16-19-22-25-26-27-28-29-30-33-34-37-40-43-46-49-55(64)71-52-54(73-56(65)50-47-44-41-38-35-31-23-20-17-14-11-8-5-2)53-72-63-61(59(68)58(67)60(75-63)62(69)70)74-57(66)51-48-45-42-39-36-32-24-21-18-15-12-9-6-3/h7,9-10,12,16,18-21,23,25-26,28-29,32-34,36,54,58-61,63,67-68H,4-6,8,11,13-15,17,22,24,27,30-31,35,37-53H2,1-3H3,(H,69,70)/b10-7-,12-9-,19-16-,21-18-,23-20-,26-25-,29-28-,34-33-,36-32-. The maximum Gasteiger partial charge on any atom is 0.335 e. The number of hydrogen-bond donors (Lipinski definition) is 3. The topological polar surface area (TPSA) is 175 Å². The Morgan fingerprint density at radius 3 is 1.31 bits per heavy atom. The molecule has 1 rings (SSSR count). The van der Waals surface area contributed by atoms with Crippen molar-refractivity contribution in [3.8, 4) is 0 Å². The molecule has 3 N–H and O–H groups in total. The molecular formula is C63H100O12. The van der Waals surface area contributed by atoms with E-state index < -0.39 is 67.3 Å². The molecule has 1 aliphatic rings. The fourth-order valence-corrected chi connectivity index (χ4v) is 7.93. The number of rotatable bonds is 47. The average molecular weight is 1050 g/mol. The van der Waals surface area contributed by atoms with Crippen LogP contribution >= 0.6 is 0 Å². The molecule has 6 unspecified atom stereocenters. The molecule has 0 aliphatic carbocycles. The molecule has 1 saturated heterocycles. The monoisotopic (exact) mass is 1050 g/mol. The van der Waals surface area contributed by atoms with E-state index >= 15 is 0 Å². The number of carboxylic acids is 1. The second kappa shape index (κ2) is 50.2. The van der Waals surface area contributed by atoms with Gasteiger partial charge in [0.15, 0.2) is 24.6 Å². The van der Waals surface area contributed by atoms with Crippen molar-refractivity contribution in [2.45, 2.75) is 250 Å². The highest BCUT2D eigenvalue weighted by Crippen LogP contribution is 2.26. The van der Waals surface area contributed by atoms with Crippen molar-refractivity contribution in [2.24, 2.45) is 0 Å². The summed E-state index contributed by atoms with van der Waals surface area (Å²) >= 11 is 0. The predicted octanol–water partition coefficient (Wildman–Crippen LogP) is 14.7. The van der Waals surface area contributed by atoms with Crippen molar-refractivity contribution in [1.29, 1.82) is 0 Å². The number of unbranched alkanes of at least 4 members (excludes halogenated alkanes) is 15. The first-order chi connectivity index (χ1) is 36.6. The van der Waals surface area contributed by atoms with Crippen LogP contribution in [0.5, 0.6) is 0 Å². The van der Waals surface area contributed by atoms with Crippen molar-refractivity contribution in [1.82, 2.24) is 0 Å². The van der Waals surface area contributed by atoms with Crippen LogP contribution in [0.15, 0.2) is 109 Å². The highest BCUT2D eigenvalue weighted by Gasteiger charge is 2.50. The van der Waals surface area contributed by atoms with Gasteiger partial charge in [-0.2, -0.15) is 0 Å². The van der Waals surface area contributed by atoms with Crippen molar-refractivity contribution in [3.63, 3.8) is 0 Å². The number of ether oxygens (including phenoxy) is 5. The maximum absolute atomic E-state index is 13.1. The predicted molar refractivity (Wildman–Crippen MR) is 303 cm³/mol. The molecule has 0 radical (unpaired) electrons. The normalized spacial score (nSPS) is 19.0. The third-order valence-electron chi connectivity index (χ3n) is 12.3. The Kier molecular flexibility index (Phi) is 45.8. The van der Waals surface area contributed by atoms with E-state index in [1.165, 1.54) is 25.7 Å². The number of aliphatic hydroxyl groups is 2. The lowest BCUT2D eigenvalue weighted by molar-refractivity contribution is -0.301. The van der Waals surface area contributed by atoms with E-state index in [2.05, 4.69) is 130 Å². The Bertz CT molecular complexity index is 1720. The van der Waals surface area contributed by atoms with E-state index in [9.17, 15) is 34.5 Å². The van der Waals surface area contributed by atoms with Crippen LogP contribution in [0.2, 0.25) is 0 Å². The summed E-state index contributed by atoms with van der Waals surface area (Å²) in [4.78, 5) is 51.0. The molecule has 0 saturated carbocycles. The number of carbonyl (C=O) groups excluding carboxylic acids is 3. The lowest BCUT2D eigenvalue weighted by Gasteiger charge is -2.40. The number of carboxylic acid groups (broad SMARTS) is 1. The summed E-state index contributed by atoms with van der Waals surface area (Å²) < 4.78 is 28.3. The minimum atomic E-state index is -1.92. The van der Waals surface area contributed by atoms with E-state index in [1.54, 1.807) is 0 Å². The largest absolute Gasteiger partial charge is 0.479 e. The van der Waals surface area contributed by atoms with Gasteiger partial charge < -0.3 is 39.0 Å². The Labute approximate surface area is 453 Å². The zero-order chi connectivity index (χ0) is 54.7. The van der Waals surface area contributed by atoms with Crippen molar-refractivity contribution in [2.75, 3.05) is 13.2 Å². The molecule has 75 heavy (non-hydrogen) atoms. The number of hydrogen-bond acceptors (Lipinski definition) is 11. The maximum atomic E-state index is 13.1. The molecule has 424 valence electrons. The van der Waals surface area contributed by atoms with Crippen LogP contribution in [-0.4, -0.2) is 89.2 Å². The SMILES string of the molecule is CC/C=C\C/C=C\C/C=C\C/C=C\C/C=C\CCCCCC(=O)OCC(COC1OC(C(=O)O)C(O)C(O)C1OC(=O)CCCCC/C=C\C/C=C\C/C=C\CC)OC(=O)CCCCCCC/C=C\CCCCCC. The third kappa shape index (κ3) is 40.3. The van der Waals surface area contributed by atoms with Gasteiger partial charge in [-0.3, -0.25) is 14.4 Å². The van der Waals surface area contributed by atoms with Crippen LogP contribution in [0.3, 0.4) is 0 Å². The fraction of sp³-hybridized carbons (Fsp3) is 0.651. The minimum Gasteiger partial charge on any atom is -0.479 e. The molecular weight excluding hydrogens is 949 g/mol. The molecule has 0 amide bonds. The van der Waals surface area contributed by atoms with Gasteiger partial charge in [0, 0.05) is 19.3 Å². The summed E-state index contributed by atoms with van der Waals surface area (Å²) in [5.74, 6) is -3.23. The first-order valence-corrected chi connectivity index (χ1v) is 28.9. The fourth-order valence-electron chi connectivity index (χ4n) is 7.93. The molecule has 0 aromatic rings. The van der Waals surface area contributed by atoms with Crippen LogP contribution in [0.25, 0.3) is 0 Å². The highest BCUT2D eigenvalue weighted by molar-refractivity contribution is 5.74. The van der Waals surface area contributed by atoms with Gasteiger partial charge in [-0.05, 0) is 122 Å². The molecule has 12 nitrogen and oxygen atoms in total. The molecule has 1 aliphatic heterocycles. The molecule has 0 bridgehead atoms. The average Bonchev–Trinajstić information content (AvgIpc) is 3.39. The van der Waals surface area contributed by atoms with Crippen molar-refractivity contribution < 1.29 is 58.2 Å². The van der Waals surface area contributed by atoms with Crippen LogP contribution < -0.4 is 0 Å². The first-order valence-electron chi connectivity index (χ1n) is 28.9. The number of allylic oxidation sites excluding steroid dienone is 18. The Balaban J connectivity index is 2.74. The lowest BCUT2D eigenvalue weighted by atomic mass is 9.98. The zero-order valence-electron chi connectivity index (χ0n) is 46.5. The summed E-state index contributed by atoms with van der Waals surface area (Å²) in [6.07, 6.45) is 54.9. The van der Waals surface area contributed by atoms with E-state index in [0.717, 1.165) is 128 Å². The van der Waals surface area contributed by atoms with Gasteiger partial charge in [-0.25, -0.2) is 4.79 Å². The van der Waals surface area contributed by atoms with Gasteiger partial charge in [0.25, 0.3) is 0 Å². The number of aliphatic hydroxyl groups excluding tert-OH is 2. The van der Waals surface area contributed by atoms with Crippen LogP contribution in [0, 0.1) is 0 Å². The van der Waals surface area contributed by atoms with E-state index in [1.807, 2.05) is 0 Å². The van der Waals surface area contributed by atoms with E-state index in [0.29, 0.717) is 19.3 Å². The Morgan fingerprint density at radius 2 is 0.840 bits per heavy atom. The van der Waals surface area contributed by atoms with Crippen LogP contribution in [0.1, 0.15) is 213 Å². The van der Waals surface area contributed by atoms with Crippen molar-refractivity contribution >= 4 is 23.9 Å². The van der Waals surface area contributed by atoms with E-state index in [4.69, 9.17) is 23.7 Å². The summed E-state index contributed by atoms with van der Waals surface area (Å²) in [7, 11) is 0. The van der Waals surface area contributed by atoms with Gasteiger partial charge in [-0.15, -0.1) is 0 Å². The summed E-state index contributed by atoms with van der Waals surface area (Å²) in [6.45, 7) is 5.68. The number of esters is 3. The summed E-state index contributed by atoms with van der Waals surface area (Å²) in [5, 5.41) is 31.4. The van der Waals surface area contributed by atoms with Gasteiger partial charge in [0.2, 0.25) is 0 Å². The number of carbonyl (C=O) groups is 4. The van der Waals surface area contributed by atoms with Gasteiger partial charge in [-0.1, -0.05) is 182 Å². The third-order valence-corrected chi connectivity index (χ3v) is 12.3. The second-order valence-electron chi connectivity index (χ2n) is 19.2. The minimum absolute atomic E-state index is 0.0158. The Hall–Kier alpha value is -4.62. The molecule has 0 aromatic heterocycles. The lowest BCUT2D eigenvalue weighted by Crippen LogP contribution is -2.61. The van der Waals surface area contributed by atoms with Gasteiger partial charge in [0.1, 0.15) is 18.8 Å². The Morgan fingerprint density at radius 1 is 0.453 bits per heavy atom. The van der Waals surface area contributed by atoms with Gasteiger partial charge in [0.05, 0.1) is 6.61 Å². The molecule has 6 atom stereocenters. The number of aliphatic carboxylic acids is 1. The quantitative estimate of drug-likeness (QED) is 0.0228. The highest BCUT2D eigenvalue weighted by atomic mass is 16.7. The molecule has 1 fully saturated rings. The second-order valence-corrected chi connectivity index (χ2v) is 19.2. The molecule has 0 spiro atoms. The molecule has 0 aromatic carbocycles. The zero-order valence-corrected chi connectivity index (χ0v) is 46.5. The molecule has 12 heteroatoms. The van der Waals surface area contributed by atoms with E-state index in [-0.39, 0.29) is 25.9 Å². The van der Waals surface area contributed by atoms with Crippen LogP contribution in [0.4, 0.5) is 0 Å². The van der Waals surface area contributed by atoms with Gasteiger partial charge >= 0.3 is 23.9 Å². The first kappa shape index (κ1) is 68.4. The molecule has 1 heterocycles. The summed E-state index contributed by atoms with van der Waals surface area (Å²) in [6, 6.07) is 0. The van der Waals surface area contributed by atoms with Crippen LogP contribution in [-0.2, 0) is 42.9 Å². The smallest absolute Gasteiger partial charge is 0.335 e.